The molecule has 1 N–H and O–H groups in total. The topological polar surface area (TPSA) is 88.5 Å². The summed E-state index contributed by atoms with van der Waals surface area (Å²) < 4.78 is 45.7. The van der Waals surface area contributed by atoms with E-state index in [0.29, 0.717) is 42.3 Å². The summed E-state index contributed by atoms with van der Waals surface area (Å²) >= 11 is 0. The van der Waals surface area contributed by atoms with Gasteiger partial charge >= 0.3 is 0 Å². The van der Waals surface area contributed by atoms with Crippen LogP contribution in [-0.2, 0) is 16.6 Å². The first kappa shape index (κ1) is 24.3. The molecule has 3 aromatic rings. The second-order valence-electron chi connectivity index (χ2n) is 9.17. The Morgan fingerprint density at radius 3 is 2.56 bits per heavy atom. The van der Waals surface area contributed by atoms with Crippen molar-refractivity contribution in [3.63, 3.8) is 0 Å². The Bertz CT molecular complexity index is 1350. The summed E-state index contributed by atoms with van der Waals surface area (Å²) in [5.41, 5.74) is 2.49. The highest BCUT2D eigenvalue weighted by molar-refractivity contribution is 7.92. The molecule has 9 heteroatoms. The van der Waals surface area contributed by atoms with Gasteiger partial charge in [-0.2, -0.15) is 0 Å². The van der Waals surface area contributed by atoms with Crippen LogP contribution in [-0.4, -0.2) is 51.5 Å². The zero-order valence-corrected chi connectivity index (χ0v) is 21.2. The SMILES string of the molecule is COc1cc(CN2CCC(N(c3ccc4c(c3)OCO4)S(=O)(=O)c3cccc(C)c3)CC2)ccc1O. The fourth-order valence-electron chi connectivity index (χ4n) is 4.85. The molecule has 5 rings (SSSR count). The molecule has 3 aromatic carbocycles. The van der Waals surface area contributed by atoms with Gasteiger partial charge in [0.2, 0.25) is 6.79 Å². The van der Waals surface area contributed by atoms with Crippen molar-refractivity contribution < 1.29 is 27.7 Å². The van der Waals surface area contributed by atoms with Crippen LogP contribution in [0.15, 0.2) is 65.6 Å². The van der Waals surface area contributed by atoms with Crippen LogP contribution in [0.3, 0.4) is 0 Å². The molecule has 2 aliphatic rings. The van der Waals surface area contributed by atoms with Gasteiger partial charge in [-0.3, -0.25) is 9.21 Å². The number of hydrogen-bond acceptors (Lipinski definition) is 7. The smallest absolute Gasteiger partial charge is 0.264 e. The van der Waals surface area contributed by atoms with Gasteiger partial charge in [0.25, 0.3) is 10.0 Å². The minimum atomic E-state index is -3.81. The lowest BCUT2D eigenvalue weighted by Gasteiger charge is -2.39. The number of piperidine rings is 1. The third kappa shape index (κ3) is 4.81. The first-order valence-corrected chi connectivity index (χ1v) is 13.4. The third-order valence-corrected chi connectivity index (χ3v) is 8.57. The number of phenols is 1. The van der Waals surface area contributed by atoms with Crippen LogP contribution < -0.4 is 18.5 Å². The summed E-state index contributed by atoms with van der Waals surface area (Å²) in [5.74, 6) is 1.72. The number of phenolic OH excluding ortho intramolecular Hbond substituents is 1. The molecule has 190 valence electrons. The zero-order valence-electron chi connectivity index (χ0n) is 20.4. The molecule has 0 saturated carbocycles. The fourth-order valence-corrected chi connectivity index (χ4v) is 6.65. The number of rotatable bonds is 7. The number of nitrogens with zero attached hydrogens (tertiary/aromatic N) is 2. The number of methoxy groups -OCH3 is 1. The molecule has 36 heavy (non-hydrogen) atoms. The molecule has 1 saturated heterocycles. The molecule has 0 radical (unpaired) electrons. The summed E-state index contributed by atoms with van der Waals surface area (Å²) in [5, 5.41) is 9.87. The first-order chi connectivity index (χ1) is 17.3. The lowest BCUT2D eigenvalue weighted by Crippen LogP contribution is -2.47. The Balaban J connectivity index is 1.40. The van der Waals surface area contributed by atoms with Crippen molar-refractivity contribution in [3.8, 4) is 23.0 Å². The van der Waals surface area contributed by atoms with Crippen molar-refractivity contribution in [2.45, 2.75) is 37.2 Å². The standard InChI is InChI=1S/C27H30N2O6S/c1-19-4-3-5-23(14-19)36(31,32)29(22-7-9-25-27(16-22)35-18-34-25)21-10-12-28(13-11-21)17-20-6-8-24(30)26(15-20)33-2/h3-9,14-16,21,30H,10-13,17-18H2,1-2H3. The minimum absolute atomic E-state index is 0.112. The summed E-state index contributed by atoms with van der Waals surface area (Å²) in [6, 6.07) is 17.5. The predicted molar refractivity (Wildman–Crippen MR) is 136 cm³/mol. The van der Waals surface area contributed by atoms with Gasteiger partial charge < -0.3 is 19.3 Å². The van der Waals surface area contributed by atoms with Crippen molar-refractivity contribution in [1.29, 1.82) is 0 Å². The summed E-state index contributed by atoms with van der Waals surface area (Å²) in [4.78, 5) is 2.57. The normalized spacial score (nSPS) is 16.2. The predicted octanol–water partition coefficient (Wildman–Crippen LogP) is 4.30. The Morgan fingerprint density at radius 2 is 1.81 bits per heavy atom. The van der Waals surface area contributed by atoms with E-state index in [1.165, 1.54) is 7.11 Å². The molecule has 0 spiro atoms. The van der Waals surface area contributed by atoms with Gasteiger partial charge in [-0.05, 0) is 67.3 Å². The number of aryl methyl sites for hydroxylation is 1. The highest BCUT2D eigenvalue weighted by atomic mass is 32.2. The zero-order chi connectivity index (χ0) is 25.3. The molecule has 0 amide bonds. The molecule has 0 unspecified atom stereocenters. The van der Waals surface area contributed by atoms with Crippen molar-refractivity contribution in [2.24, 2.45) is 0 Å². The van der Waals surface area contributed by atoms with E-state index in [0.717, 1.165) is 24.2 Å². The summed E-state index contributed by atoms with van der Waals surface area (Å²) in [7, 11) is -2.28. The fraction of sp³-hybridized carbons (Fsp3) is 0.333. The van der Waals surface area contributed by atoms with E-state index in [9.17, 15) is 13.5 Å². The number of likely N-dealkylation sites (tertiary alicyclic amines) is 1. The average molecular weight is 511 g/mol. The summed E-state index contributed by atoms with van der Waals surface area (Å²) in [6.45, 7) is 4.18. The molecule has 0 atom stereocenters. The van der Waals surface area contributed by atoms with E-state index in [-0.39, 0.29) is 23.5 Å². The van der Waals surface area contributed by atoms with Gasteiger partial charge in [-0.15, -0.1) is 0 Å². The molecule has 0 bridgehead atoms. The number of sulfonamides is 1. The van der Waals surface area contributed by atoms with Crippen LogP contribution >= 0.6 is 0 Å². The molecule has 8 nitrogen and oxygen atoms in total. The van der Waals surface area contributed by atoms with Crippen LogP contribution in [0.25, 0.3) is 0 Å². The van der Waals surface area contributed by atoms with E-state index < -0.39 is 10.0 Å². The Labute approximate surface area is 211 Å². The second-order valence-corrected chi connectivity index (χ2v) is 11.0. The van der Waals surface area contributed by atoms with E-state index in [1.807, 2.05) is 25.1 Å². The second kappa shape index (κ2) is 9.91. The van der Waals surface area contributed by atoms with Gasteiger partial charge in [0.1, 0.15) is 0 Å². The maximum absolute atomic E-state index is 14.0. The van der Waals surface area contributed by atoms with Crippen LogP contribution in [0, 0.1) is 6.92 Å². The lowest BCUT2D eigenvalue weighted by molar-refractivity contribution is 0.174. The van der Waals surface area contributed by atoms with Crippen LogP contribution in [0.4, 0.5) is 5.69 Å². The van der Waals surface area contributed by atoms with Crippen LogP contribution in [0.5, 0.6) is 23.0 Å². The van der Waals surface area contributed by atoms with Crippen molar-refractivity contribution >= 4 is 15.7 Å². The van der Waals surface area contributed by atoms with Crippen molar-refractivity contribution in [2.75, 3.05) is 31.3 Å². The monoisotopic (exact) mass is 510 g/mol. The quantitative estimate of drug-likeness (QED) is 0.507. The number of ether oxygens (including phenoxy) is 3. The molecule has 2 heterocycles. The largest absolute Gasteiger partial charge is 0.504 e. The van der Waals surface area contributed by atoms with Crippen LogP contribution in [0.2, 0.25) is 0 Å². The molecule has 0 aromatic heterocycles. The first-order valence-electron chi connectivity index (χ1n) is 11.9. The summed E-state index contributed by atoms with van der Waals surface area (Å²) in [6.07, 6.45) is 1.35. The van der Waals surface area contributed by atoms with Crippen molar-refractivity contribution in [1.82, 2.24) is 4.90 Å². The third-order valence-electron chi connectivity index (χ3n) is 6.70. The van der Waals surface area contributed by atoms with E-state index in [1.54, 1.807) is 46.8 Å². The number of aromatic hydroxyl groups is 1. The molecular formula is C27H30N2O6S. The van der Waals surface area contributed by atoms with Gasteiger partial charge in [-0.1, -0.05) is 18.2 Å². The van der Waals surface area contributed by atoms with Crippen molar-refractivity contribution in [3.05, 3.63) is 71.8 Å². The number of anilines is 1. The lowest BCUT2D eigenvalue weighted by atomic mass is 10.0. The van der Waals surface area contributed by atoms with Crippen LogP contribution in [0.1, 0.15) is 24.0 Å². The number of hydrogen-bond donors (Lipinski definition) is 1. The number of fused-ring (bicyclic) bond motifs is 1. The van der Waals surface area contributed by atoms with E-state index in [2.05, 4.69) is 4.90 Å². The van der Waals surface area contributed by atoms with E-state index >= 15 is 0 Å². The van der Waals surface area contributed by atoms with Gasteiger partial charge in [0, 0.05) is 31.7 Å². The maximum Gasteiger partial charge on any atom is 0.264 e. The molecule has 1 fully saturated rings. The highest BCUT2D eigenvalue weighted by Crippen LogP contribution is 2.39. The van der Waals surface area contributed by atoms with Gasteiger partial charge in [-0.25, -0.2) is 8.42 Å². The van der Waals surface area contributed by atoms with E-state index in [4.69, 9.17) is 14.2 Å². The van der Waals surface area contributed by atoms with Gasteiger partial charge in [0.15, 0.2) is 23.0 Å². The maximum atomic E-state index is 14.0. The molecule has 0 aliphatic carbocycles. The average Bonchev–Trinajstić information content (AvgIpc) is 3.34. The Hall–Kier alpha value is -3.43. The van der Waals surface area contributed by atoms with Gasteiger partial charge in [0.05, 0.1) is 17.7 Å². The molecule has 2 aliphatic heterocycles. The number of benzene rings is 3. The Kier molecular flexibility index (Phi) is 6.68. The minimum Gasteiger partial charge on any atom is -0.504 e. The highest BCUT2D eigenvalue weighted by Gasteiger charge is 2.35. The molecular weight excluding hydrogens is 480 g/mol. The Morgan fingerprint density at radius 1 is 1.03 bits per heavy atom.